The van der Waals surface area contributed by atoms with Crippen molar-refractivity contribution in [3.63, 3.8) is 0 Å². The van der Waals surface area contributed by atoms with E-state index in [0.29, 0.717) is 0 Å². The summed E-state index contributed by atoms with van der Waals surface area (Å²) in [6.45, 7) is 0. The molecule has 0 fully saturated rings. The van der Waals surface area contributed by atoms with E-state index in [0.717, 1.165) is 0 Å². The number of hydrogen-bond acceptors (Lipinski definition) is 6. The average Bonchev–Trinajstić information content (AvgIpc) is 3.55. The summed E-state index contributed by atoms with van der Waals surface area (Å²) in [5.74, 6) is 0. The Labute approximate surface area is 194 Å². The Morgan fingerprint density at radius 2 is 0.800 bits per heavy atom. The van der Waals surface area contributed by atoms with E-state index < -0.39 is 0 Å². The Bertz CT molecular complexity index is 1770. The molecule has 0 aliphatic carbocycles. The molecule has 2 aromatic carbocycles. The standard InChI is InChI=1S/C24H10S6/c1-3-7-13-11(5-1)19-23(25-13)21-17(29-19)9-15(27-21)16-10-18-22(28-16)24-20(30-18)12-6-2-4-8-14(12)26-24/h1-10H. The Hall–Kier alpha value is -1.80. The zero-order chi connectivity index (χ0) is 19.4. The van der Waals surface area contributed by atoms with Crippen molar-refractivity contribution in [1.82, 2.24) is 0 Å². The van der Waals surface area contributed by atoms with Crippen LogP contribution in [-0.2, 0) is 0 Å². The van der Waals surface area contributed by atoms with Crippen molar-refractivity contribution in [2.24, 2.45) is 0 Å². The monoisotopic (exact) mass is 490 g/mol. The second-order valence-electron chi connectivity index (χ2n) is 7.33. The molecule has 8 aromatic rings. The molecule has 0 bridgehead atoms. The number of rotatable bonds is 1. The highest BCUT2D eigenvalue weighted by atomic mass is 32.1. The number of hydrogen-bond donors (Lipinski definition) is 0. The highest BCUT2D eigenvalue weighted by molar-refractivity contribution is 7.44. The van der Waals surface area contributed by atoms with E-state index in [4.69, 9.17) is 0 Å². The maximum Gasteiger partial charge on any atom is 0.0642 e. The van der Waals surface area contributed by atoms with Crippen molar-refractivity contribution < 1.29 is 0 Å². The Morgan fingerprint density at radius 3 is 1.30 bits per heavy atom. The number of thiophene rings is 6. The first-order valence-corrected chi connectivity index (χ1v) is 14.4. The van der Waals surface area contributed by atoms with Gasteiger partial charge < -0.3 is 0 Å². The van der Waals surface area contributed by atoms with Gasteiger partial charge in [-0.3, -0.25) is 0 Å². The summed E-state index contributed by atoms with van der Waals surface area (Å²) >= 11 is 11.7. The minimum atomic E-state index is 1.40. The minimum absolute atomic E-state index is 1.40. The molecule has 0 unspecified atom stereocenters. The zero-order valence-corrected chi connectivity index (χ0v) is 20.1. The third-order valence-corrected chi connectivity index (χ3v) is 13.6. The molecule has 0 N–H and O–H groups in total. The summed E-state index contributed by atoms with van der Waals surface area (Å²) < 4.78 is 14.5. The quantitative estimate of drug-likeness (QED) is 0.215. The molecule has 0 radical (unpaired) electrons. The van der Waals surface area contributed by atoms with E-state index in [1.54, 1.807) is 0 Å². The first-order valence-electron chi connectivity index (χ1n) is 9.51. The molecule has 6 aromatic heterocycles. The van der Waals surface area contributed by atoms with Crippen LogP contribution in [0.5, 0.6) is 0 Å². The van der Waals surface area contributed by atoms with Gasteiger partial charge in [-0.05, 0) is 24.3 Å². The Kier molecular flexibility index (Phi) is 3.32. The van der Waals surface area contributed by atoms with Gasteiger partial charge in [0, 0.05) is 39.3 Å². The van der Waals surface area contributed by atoms with Gasteiger partial charge >= 0.3 is 0 Å². The van der Waals surface area contributed by atoms with Gasteiger partial charge in [-0.2, -0.15) is 0 Å². The normalized spacial score (nSPS) is 12.7. The fourth-order valence-corrected chi connectivity index (χ4v) is 12.6. The van der Waals surface area contributed by atoms with Gasteiger partial charge in [0.05, 0.1) is 28.2 Å². The number of fused-ring (bicyclic) bond motifs is 10. The molecule has 6 heteroatoms. The summed E-state index contributed by atoms with van der Waals surface area (Å²) in [5, 5.41) is 2.83. The third-order valence-electron chi connectivity index (χ3n) is 5.58. The summed E-state index contributed by atoms with van der Waals surface area (Å²) in [5.41, 5.74) is 0. The van der Waals surface area contributed by atoms with Crippen LogP contribution in [0.4, 0.5) is 0 Å². The van der Waals surface area contributed by atoms with Crippen LogP contribution in [-0.4, -0.2) is 0 Å². The summed E-state index contributed by atoms with van der Waals surface area (Å²) in [6.07, 6.45) is 0. The first-order chi connectivity index (χ1) is 14.8. The smallest absolute Gasteiger partial charge is 0.0642 e. The number of benzene rings is 2. The van der Waals surface area contributed by atoms with Gasteiger partial charge in [-0.15, -0.1) is 68.0 Å². The topological polar surface area (TPSA) is 0 Å². The second kappa shape index (κ2) is 5.91. The zero-order valence-electron chi connectivity index (χ0n) is 15.2. The molecule has 0 atom stereocenters. The molecule has 8 rings (SSSR count). The van der Waals surface area contributed by atoms with Gasteiger partial charge in [0.2, 0.25) is 0 Å². The van der Waals surface area contributed by atoms with Crippen LogP contribution in [0.3, 0.4) is 0 Å². The molecule has 0 aliphatic heterocycles. The molecule has 0 saturated carbocycles. The largest absolute Gasteiger partial charge is 0.133 e. The summed E-state index contributed by atoms with van der Waals surface area (Å²) in [6, 6.07) is 22.5. The predicted molar refractivity (Wildman–Crippen MR) is 144 cm³/mol. The SMILES string of the molecule is c1ccc2c(c1)sc1c3sc(-c4cc5sc6c7ccccc7sc6c5s4)cc3sc21. The lowest BCUT2D eigenvalue weighted by atomic mass is 10.2. The van der Waals surface area contributed by atoms with Crippen LogP contribution >= 0.6 is 68.0 Å². The van der Waals surface area contributed by atoms with E-state index in [-0.39, 0.29) is 0 Å². The van der Waals surface area contributed by atoms with Crippen LogP contribution in [0.1, 0.15) is 0 Å². The minimum Gasteiger partial charge on any atom is -0.133 e. The van der Waals surface area contributed by atoms with Gasteiger partial charge in [0.15, 0.2) is 0 Å². The van der Waals surface area contributed by atoms with Crippen molar-refractivity contribution in [2.75, 3.05) is 0 Å². The predicted octanol–water partition coefficient (Wildman–Crippen LogP) is 10.6. The fraction of sp³-hybridized carbons (Fsp3) is 0. The third kappa shape index (κ3) is 2.14. The lowest BCUT2D eigenvalue weighted by Crippen LogP contribution is -1.59. The van der Waals surface area contributed by atoms with Crippen molar-refractivity contribution >= 4 is 126 Å². The maximum atomic E-state index is 2.42. The molecule has 6 heterocycles. The van der Waals surface area contributed by atoms with Gasteiger partial charge in [-0.25, -0.2) is 0 Å². The fourth-order valence-electron chi connectivity index (χ4n) is 4.22. The molecule has 0 spiro atoms. The van der Waals surface area contributed by atoms with Crippen LogP contribution in [0.25, 0.3) is 67.5 Å². The van der Waals surface area contributed by atoms with Crippen molar-refractivity contribution in [3.8, 4) is 9.75 Å². The van der Waals surface area contributed by atoms with Crippen LogP contribution in [0, 0.1) is 0 Å². The van der Waals surface area contributed by atoms with E-state index in [2.05, 4.69) is 60.7 Å². The van der Waals surface area contributed by atoms with Crippen molar-refractivity contribution in [2.45, 2.75) is 0 Å². The maximum absolute atomic E-state index is 2.42. The Morgan fingerprint density at radius 1 is 0.367 bits per heavy atom. The lowest BCUT2D eigenvalue weighted by molar-refractivity contribution is 1.87. The van der Waals surface area contributed by atoms with E-state index in [1.165, 1.54) is 67.5 Å². The molecule has 142 valence electrons. The molecule has 30 heavy (non-hydrogen) atoms. The second-order valence-corrected chi connectivity index (χ2v) is 13.6. The van der Waals surface area contributed by atoms with E-state index >= 15 is 0 Å². The van der Waals surface area contributed by atoms with Crippen LogP contribution in [0.2, 0.25) is 0 Å². The first kappa shape index (κ1) is 16.8. The van der Waals surface area contributed by atoms with Crippen LogP contribution in [0.15, 0.2) is 60.7 Å². The molecule has 0 saturated heterocycles. The van der Waals surface area contributed by atoms with Gasteiger partial charge in [0.25, 0.3) is 0 Å². The highest BCUT2D eigenvalue weighted by Crippen LogP contribution is 2.52. The van der Waals surface area contributed by atoms with Gasteiger partial charge in [0.1, 0.15) is 0 Å². The van der Waals surface area contributed by atoms with Crippen LogP contribution < -0.4 is 0 Å². The molecular weight excluding hydrogens is 481 g/mol. The molecular formula is C24H10S6. The lowest BCUT2D eigenvalue weighted by Gasteiger charge is -1.88. The summed E-state index contributed by atoms with van der Waals surface area (Å²) in [7, 11) is 0. The van der Waals surface area contributed by atoms with Crippen molar-refractivity contribution in [1.29, 1.82) is 0 Å². The van der Waals surface area contributed by atoms with Gasteiger partial charge in [-0.1, -0.05) is 36.4 Å². The molecule has 0 amide bonds. The van der Waals surface area contributed by atoms with Crippen molar-refractivity contribution in [3.05, 3.63) is 60.7 Å². The Balaban J connectivity index is 1.35. The average molecular weight is 491 g/mol. The molecule has 0 aliphatic rings. The molecule has 0 nitrogen and oxygen atoms in total. The summed E-state index contributed by atoms with van der Waals surface area (Å²) in [4.78, 5) is 2.83. The van der Waals surface area contributed by atoms with E-state index in [1.807, 2.05) is 68.0 Å². The van der Waals surface area contributed by atoms with E-state index in [9.17, 15) is 0 Å². The highest BCUT2D eigenvalue weighted by Gasteiger charge is 2.19.